The molecule has 1 aliphatic rings. The summed E-state index contributed by atoms with van der Waals surface area (Å²) in [5, 5.41) is 3.00. The maximum absolute atomic E-state index is 11.9. The minimum absolute atomic E-state index is 0.135. The van der Waals surface area contributed by atoms with E-state index in [2.05, 4.69) is 5.32 Å². The molecule has 0 saturated carbocycles. The molecule has 3 nitrogen and oxygen atoms in total. The lowest BCUT2D eigenvalue weighted by molar-refractivity contribution is -0.896. The van der Waals surface area contributed by atoms with Crippen molar-refractivity contribution in [1.82, 2.24) is 0 Å². The highest BCUT2D eigenvalue weighted by molar-refractivity contribution is 5.92. The zero-order valence-electron chi connectivity index (χ0n) is 10.5. The molecule has 1 heterocycles. The summed E-state index contributed by atoms with van der Waals surface area (Å²) in [6.45, 7) is 4.90. The maximum Gasteiger partial charge on any atom is 0.279 e. The monoisotopic (exact) mass is 233 g/mol. The SMILES string of the molecule is Cc1ccccc1NC(=O)C[NH+]1CCCCC1. The molecule has 2 rings (SSSR count). The lowest BCUT2D eigenvalue weighted by atomic mass is 10.1. The number of hydrogen-bond donors (Lipinski definition) is 2. The Hall–Kier alpha value is -1.35. The van der Waals surface area contributed by atoms with Crippen LogP contribution in [-0.2, 0) is 4.79 Å². The second kappa shape index (κ2) is 5.82. The van der Waals surface area contributed by atoms with E-state index < -0.39 is 0 Å². The minimum Gasteiger partial charge on any atom is -0.327 e. The molecule has 92 valence electrons. The number of anilines is 1. The van der Waals surface area contributed by atoms with Crippen molar-refractivity contribution in [2.45, 2.75) is 26.2 Å². The van der Waals surface area contributed by atoms with Crippen molar-refractivity contribution < 1.29 is 9.69 Å². The smallest absolute Gasteiger partial charge is 0.279 e. The summed E-state index contributed by atoms with van der Waals surface area (Å²) in [4.78, 5) is 13.3. The summed E-state index contributed by atoms with van der Waals surface area (Å²) in [6, 6.07) is 7.92. The lowest BCUT2D eigenvalue weighted by Gasteiger charge is -2.22. The highest BCUT2D eigenvalue weighted by Crippen LogP contribution is 2.12. The van der Waals surface area contributed by atoms with Gasteiger partial charge in [0.05, 0.1) is 13.1 Å². The van der Waals surface area contributed by atoms with Gasteiger partial charge in [-0.2, -0.15) is 0 Å². The molecule has 1 saturated heterocycles. The van der Waals surface area contributed by atoms with E-state index >= 15 is 0 Å². The van der Waals surface area contributed by atoms with Crippen molar-refractivity contribution in [1.29, 1.82) is 0 Å². The van der Waals surface area contributed by atoms with Gasteiger partial charge in [0.25, 0.3) is 5.91 Å². The molecular formula is C14H21N2O+. The van der Waals surface area contributed by atoms with Crippen LogP contribution in [0.2, 0.25) is 0 Å². The minimum atomic E-state index is 0.135. The summed E-state index contributed by atoms with van der Waals surface area (Å²) >= 11 is 0. The van der Waals surface area contributed by atoms with Gasteiger partial charge in [-0.1, -0.05) is 18.2 Å². The molecule has 1 amide bonds. The van der Waals surface area contributed by atoms with E-state index in [9.17, 15) is 4.79 Å². The summed E-state index contributed by atoms with van der Waals surface area (Å²) in [5.74, 6) is 0.135. The van der Waals surface area contributed by atoms with Crippen LogP contribution in [-0.4, -0.2) is 25.5 Å². The number of rotatable bonds is 3. The van der Waals surface area contributed by atoms with Crippen LogP contribution in [0.1, 0.15) is 24.8 Å². The highest BCUT2D eigenvalue weighted by atomic mass is 16.2. The Morgan fingerprint density at radius 2 is 1.94 bits per heavy atom. The van der Waals surface area contributed by atoms with Gasteiger partial charge >= 0.3 is 0 Å². The number of carbonyl (C=O) groups is 1. The first-order valence-corrected chi connectivity index (χ1v) is 6.45. The molecule has 0 unspecified atom stereocenters. The average Bonchev–Trinajstić information content (AvgIpc) is 2.33. The third-order valence-corrected chi connectivity index (χ3v) is 3.39. The molecule has 0 bridgehead atoms. The molecule has 2 N–H and O–H groups in total. The quantitative estimate of drug-likeness (QED) is 0.802. The van der Waals surface area contributed by atoms with Crippen molar-refractivity contribution in [3.05, 3.63) is 29.8 Å². The summed E-state index contributed by atoms with van der Waals surface area (Å²) in [5.41, 5.74) is 2.06. The molecule has 1 aliphatic heterocycles. The number of hydrogen-bond acceptors (Lipinski definition) is 1. The Morgan fingerprint density at radius 1 is 1.24 bits per heavy atom. The van der Waals surface area contributed by atoms with E-state index in [4.69, 9.17) is 0 Å². The molecule has 0 radical (unpaired) electrons. The molecule has 1 aromatic carbocycles. The third-order valence-electron chi connectivity index (χ3n) is 3.39. The van der Waals surface area contributed by atoms with Crippen LogP contribution in [0, 0.1) is 6.92 Å². The first-order valence-electron chi connectivity index (χ1n) is 6.45. The molecule has 0 aromatic heterocycles. The fourth-order valence-corrected chi connectivity index (χ4v) is 2.36. The topological polar surface area (TPSA) is 33.5 Å². The standard InChI is InChI=1S/C14H20N2O/c1-12-7-3-4-8-13(12)15-14(17)11-16-9-5-2-6-10-16/h3-4,7-8H,2,5-6,9-11H2,1H3,(H,15,17)/p+1. The van der Waals surface area contributed by atoms with E-state index in [0.29, 0.717) is 6.54 Å². The predicted octanol–water partition coefficient (Wildman–Crippen LogP) is 1.00. The zero-order valence-corrected chi connectivity index (χ0v) is 10.5. The van der Waals surface area contributed by atoms with Gasteiger partial charge in [0.1, 0.15) is 0 Å². The number of para-hydroxylation sites is 1. The number of amides is 1. The van der Waals surface area contributed by atoms with Gasteiger partial charge in [0, 0.05) is 5.69 Å². The molecule has 1 aromatic rings. The van der Waals surface area contributed by atoms with Gasteiger partial charge in [-0.15, -0.1) is 0 Å². The zero-order chi connectivity index (χ0) is 12.1. The number of piperidine rings is 1. The number of carbonyl (C=O) groups excluding carboxylic acids is 1. The molecule has 0 spiro atoms. The third kappa shape index (κ3) is 3.56. The van der Waals surface area contributed by atoms with Crippen LogP contribution < -0.4 is 10.2 Å². The van der Waals surface area contributed by atoms with Gasteiger partial charge in [-0.25, -0.2) is 0 Å². The van der Waals surface area contributed by atoms with E-state index in [1.54, 1.807) is 0 Å². The summed E-state index contributed by atoms with van der Waals surface area (Å²) in [6.07, 6.45) is 3.84. The van der Waals surface area contributed by atoms with E-state index in [1.807, 2.05) is 31.2 Å². The number of nitrogens with one attached hydrogen (secondary N) is 2. The summed E-state index contributed by atoms with van der Waals surface area (Å²) < 4.78 is 0. The van der Waals surface area contributed by atoms with Crippen molar-refractivity contribution in [2.75, 3.05) is 25.0 Å². The maximum atomic E-state index is 11.9. The van der Waals surface area contributed by atoms with E-state index in [-0.39, 0.29) is 5.91 Å². The molecule has 1 fully saturated rings. The van der Waals surface area contributed by atoms with Crippen LogP contribution in [0.5, 0.6) is 0 Å². The van der Waals surface area contributed by atoms with Crippen LogP contribution in [0.15, 0.2) is 24.3 Å². The molecular weight excluding hydrogens is 212 g/mol. The fraction of sp³-hybridized carbons (Fsp3) is 0.500. The van der Waals surface area contributed by atoms with Gasteiger partial charge in [0.15, 0.2) is 6.54 Å². The van der Waals surface area contributed by atoms with E-state index in [0.717, 1.165) is 24.3 Å². The van der Waals surface area contributed by atoms with Crippen molar-refractivity contribution >= 4 is 11.6 Å². The van der Waals surface area contributed by atoms with Crippen LogP contribution in [0.4, 0.5) is 5.69 Å². The van der Waals surface area contributed by atoms with Gasteiger partial charge < -0.3 is 10.2 Å². The molecule has 0 atom stereocenters. The Balaban J connectivity index is 1.86. The van der Waals surface area contributed by atoms with Crippen molar-refractivity contribution in [3.63, 3.8) is 0 Å². The highest BCUT2D eigenvalue weighted by Gasteiger charge is 2.17. The molecule has 3 heteroatoms. The Labute approximate surface area is 103 Å². The Morgan fingerprint density at radius 3 is 2.65 bits per heavy atom. The van der Waals surface area contributed by atoms with Crippen LogP contribution in [0.25, 0.3) is 0 Å². The largest absolute Gasteiger partial charge is 0.327 e. The van der Waals surface area contributed by atoms with E-state index in [1.165, 1.54) is 24.2 Å². The van der Waals surface area contributed by atoms with Crippen molar-refractivity contribution in [2.24, 2.45) is 0 Å². The first kappa shape index (κ1) is 12.1. The predicted molar refractivity (Wildman–Crippen MR) is 69.2 cm³/mol. The van der Waals surface area contributed by atoms with Crippen LogP contribution >= 0.6 is 0 Å². The number of quaternary nitrogens is 1. The fourth-order valence-electron chi connectivity index (χ4n) is 2.36. The van der Waals surface area contributed by atoms with Gasteiger partial charge in [-0.05, 0) is 37.8 Å². The summed E-state index contributed by atoms with van der Waals surface area (Å²) in [7, 11) is 0. The second-order valence-corrected chi connectivity index (χ2v) is 4.85. The number of aryl methyl sites for hydroxylation is 1. The Bertz CT molecular complexity index is 384. The molecule has 17 heavy (non-hydrogen) atoms. The average molecular weight is 233 g/mol. The number of likely N-dealkylation sites (tertiary alicyclic amines) is 1. The Kier molecular flexibility index (Phi) is 4.15. The van der Waals surface area contributed by atoms with Crippen LogP contribution in [0.3, 0.4) is 0 Å². The lowest BCUT2D eigenvalue weighted by Crippen LogP contribution is -3.13. The second-order valence-electron chi connectivity index (χ2n) is 4.85. The normalized spacial score (nSPS) is 16.8. The number of benzene rings is 1. The first-order chi connectivity index (χ1) is 8.25. The van der Waals surface area contributed by atoms with Crippen molar-refractivity contribution in [3.8, 4) is 0 Å². The van der Waals surface area contributed by atoms with Gasteiger partial charge in [-0.3, -0.25) is 4.79 Å². The molecule has 0 aliphatic carbocycles. The van der Waals surface area contributed by atoms with Gasteiger partial charge in [0.2, 0.25) is 0 Å².